The Morgan fingerprint density at radius 3 is 2.44 bits per heavy atom. The monoisotopic (exact) mass is 465 g/mol. The summed E-state index contributed by atoms with van der Waals surface area (Å²) in [5.74, 6) is 0.0700. The molecular weight excluding hydrogens is 433 g/mol. The van der Waals surface area contributed by atoms with Crippen molar-refractivity contribution in [2.45, 2.75) is 44.2 Å². The van der Waals surface area contributed by atoms with E-state index in [9.17, 15) is 14.0 Å². The molecule has 34 heavy (non-hydrogen) atoms. The van der Waals surface area contributed by atoms with Crippen LogP contribution in [0.15, 0.2) is 54.6 Å². The van der Waals surface area contributed by atoms with E-state index in [-0.39, 0.29) is 23.7 Å². The SMILES string of the molecule is O=C(C1CCN(Cc2ccc(F)cc2)CC1)N1CCCC2(CC1)CN(c1ccccc1)C(=O)O2. The molecule has 3 fully saturated rings. The van der Waals surface area contributed by atoms with Gasteiger partial charge in [0.2, 0.25) is 5.91 Å². The maximum atomic E-state index is 13.3. The molecule has 5 rings (SSSR count). The van der Waals surface area contributed by atoms with Crippen molar-refractivity contribution in [2.24, 2.45) is 5.92 Å². The minimum Gasteiger partial charge on any atom is -0.441 e. The Balaban J connectivity index is 1.14. The van der Waals surface area contributed by atoms with Crippen molar-refractivity contribution >= 4 is 17.7 Å². The van der Waals surface area contributed by atoms with Crippen molar-refractivity contribution in [3.8, 4) is 0 Å². The fourth-order valence-corrected chi connectivity index (χ4v) is 5.52. The minimum atomic E-state index is -0.513. The molecule has 7 heteroatoms. The topological polar surface area (TPSA) is 53.1 Å². The predicted octanol–water partition coefficient (Wildman–Crippen LogP) is 4.45. The van der Waals surface area contributed by atoms with E-state index in [1.165, 1.54) is 12.1 Å². The highest BCUT2D eigenvalue weighted by Crippen LogP contribution is 2.36. The number of carbonyl (C=O) groups excluding carboxylic acids is 2. The summed E-state index contributed by atoms with van der Waals surface area (Å²) in [4.78, 5) is 32.0. The van der Waals surface area contributed by atoms with Gasteiger partial charge in [-0.05, 0) is 68.6 Å². The third-order valence-corrected chi connectivity index (χ3v) is 7.50. The number of ether oxygens (including phenoxy) is 1. The summed E-state index contributed by atoms with van der Waals surface area (Å²) in [6.45, 7) is 4.42. The number of likely N-dealkylation sites (tertiary alicyclic amines) is 2. The van der Waals surface area contributed by atoms with Gasteiger partial charge < -0.3 is 9.64 Å². The molecular formula is C27H32FN3O3. The Bertz CT molecular complexity index is 1010. The van der Waals surface area contributed by atoms with E-state index in [1.807, 2.05) is 47.4 Å². The van der Waals surface area contributed by atoms with Crippen LogP contribution >= 0.6 is 0 Å². The third kappa shape index (κ3) is 4.94. The summed E-state index contributed by atoms with van der Waals surface area (Å²) >= 11 is 0. The largest absolute Gasteiger partial charge is 0.441 e. The lowest BCUT2D eigenvalue weighted by Gasteiger charge is -2.34. The van der Waals surface area contributed by atoms with Gasteiger partial charge in [0, 0.05) is 37.7 Å². The van der Waals surface area contributed by atoms with Crippen LogP contribution in [-0.4, -0.2) is 60.1 Å². The van der Waals surface area contributed by atoms with Gasteiger partial charge in [-0.15, -0.1) is 0 Å². The molecule has 2 amide bonds. The van der Waals surface area contributed by atoms with E-state index in [0.29, 0.717) is 19.5 Å². The average Bonchev–Trinajstić information content (AvgIpc) is 3.05. The second-order valence-corrected chi connectivity index (χ2v) is 9.83. The van der Waals surface area contributed by atoms with Gasteiger partial charge in [0.25, 0.3) is 0 Å². The number of nitrogens with zero attached hydrogens (tertiary/aromatic N) is 3. The Morgan fingerprint density at radius 2 is 1.71 bits per heavy atom. The number of para-hydroxylation sites is 1. The fraction of sp³-hybridized carbons (Fsp3) is 0.481. The number of hydrogen-bond donors (Lipinski definition) is 0. The Labute approximate surface area is 200 Å². The number of amides is 2. The second kappa shape index (κ2) is 9.74. The molecule has 1 atom stereocenters. The van der Waals surface area contributed by atoms with Crippen LogP contribution in [0.4, 0.5) is 14.9 Å². The molecule has 0 N–H and O–H groups in total. The van der Waals surface area contributed by atoms with Crippen molar-refractivity contribution in [3.05, 3.63) is 66.0 Å². The van der Waals surface area contributed by atoms with Gasteiger partial charge in [0.05, 0.1) is 6.54 Å². The summed E-state index contributed by atoms with van der Waals surface area (Å²) < 4.78 is 19.0. The van der Waals surface area contributed by atoms with Crippen molar-refractivity contribution in [1.82, 2.24) is 9.80 Å². The van der Waals surface area contributed by atoms with E-state index in [2.05, 4.69) is 4.90 Å². The van der Waals surface area contributed by atoms with Crippen LogP contribution in [0.2, 0.25) is 0 Å². The van der Waals surface area contributed by atoms with Crippen LogP contribution in [0.3, 0.4) is 0 Å². The Morgan fingerprint density at radius 1 is 0.971 bits per heavy atom. The second-order valence-electron chi connectivity index (χ2n) is 9.83. The number of benzene rings is 2. The van der Waals surface area contributed by atoms with Gasteiger partial charge in [-0.1, -0.05) is 30.3 Å². The van der Waals surface area contributed by atoms with Gasteiger partial charge in [-0.2, -0.15) is 0 Å². The smallest absolute Gasteiger partial charge is 0.415 e. The van der Waals surface area contributed by atoms with E-state index in [1.54, 1.807) is 4.90 Å². The summed E-state index contributed by atoms with van der Waals surface area (Å²) in [6, 6.07) is 16.3. The lowest BCUT2D eigenvalue weighted by molar-refractivity contribution is -0.137. The first-order valence-electron chi connectivity index (χ1n) is 12.3. The van der Waals surface area contributed by atoms with Gasteiger partial charge in [-0.3, -0.25) is 14.6 Å². The van der Waals surface area contributed by atoms with E-state index < -0.39 is 5.60 Å². The van der Waals surface area contributed by atoms with Crippen LogP contribution in [-0.2, 0) is 16.1 Å². The van der Waals surface area contributed by atoms with Crippen molar-refractivity contribution in [2.75, 3.05) is 37.6 Å². The highest BCUT2D eigenvalue weighted by Gasteiger charge is 2.47. The van der Waals surface area contributed by atoms with Gasteiger partial charge in [0.1, 0.15) is 11.4 Å². The molecule has 180 valence electrons. The summed E-state index contributed by atoms with van der Waals surface area (Å²) in [7, 11) is 0. The van der Waals surface area contributed by atoms with E-state index in [4.69, 9.17) is 4.74 Å². The molecule has 2 aromatic carbocycles. The number of anilines is 1. The van der Waals surface area contributed by atoms with Crippen molar-refractivity contribution < 1.29 is 18.7 Å². The molecule has 3 aliphatic rings. The number of rotatable bonds is 4. The molecule has 0 bridgehead atoms. The summed E-state index contributed by atoms with van der Waals surface area (Å²) in [5, 5.41) is 0. The lowest BCUT2D eigenvalue weighted by atomic mass is 9.94. The highest BCUT2D eigenvalue weighted by atomic mass is 19.1. The number of carbonyl (C=O) groups is 2. The number of halogens is 1. The third-order valence-electron chi connectivity index (χ3n) is 7.50. The van der Waals surface area contributed by atoms with Crippen LogP contribution in [0.5, 0.6) is 0 Å². The molecule has 1 spiro atoms. The zero-order valence-corrected chi connectivity index (χ0v) is 19.5. The van der Waals surface area contributed by atoms with E-state index in [0.717, 1.165) is 63.1 Å². The molecule has 0 radical (unpaired) electrons. The fourth-order valence-electron chi connectivity index (χ4n) is 5.52. The molecule has 0 saturated carbocycles. The Kier molecular flexibility index (Phi) is 6.55. The van der Waals surface area contributed by atoms with Crippen molar-refractivity contribution in [1.29, 1.82) is 0 Å². The lowest BCUT2D eigenvalue weighted by Crippen LogP contribution is -2.43. The first kappa shape index (κ1) is 22.8. The van der Waals surface area contributed by atoms with Gasteiger partial charge in [0.15, 0.2) is 0 Å². The minimum absolute atomic E-state index is 0.0467. The zero-order valence-electron chi connectivity index (χ0n) is 19.5. The molecule has 3 saturated heterocycles. The molecule has 0 aromatic heterocycles. The predicted molar refractivity (Wildman–Crippen MR) is 128 cm³/mol. The van der Waals surface area contributed by atoms with Gasteiger partial charge in [-0.25, -0.2) is 9.18 Å². The quantitative estimate of drug-likeness (QED) is 0.670. The maximum Gasteiger partial charge on any atom is 0.415 e. The van der Waals surface area contributed by atoms with E-state index >= 15 is 0 Å². The normalized spacial score (nSPS) is 24.3. The standard InChI is InChI=1S/C27H32FN3O3/c28-23-9-7-21(8-10-23)19-29-16-11-22(12-17-29)25(32)30-15-4-13-27(14-18-30)20-31(26(33)34-27)24-5-2-1-3-6-24/h1-3,5-10,22H,4,11-20H2. The average molecular weight is 466 g/mol. The zero-order chi connectivity index (χ0) is 23.5. The molecule has 3 heterocycles. The first-order valence-corrected chi connectivity index (χ1v) is 12.3. The van der Waals surface area contributed by atoms with Crippen LogP contribution < -0.4 is 4.90 Å². The highest BCUT2D eigenvalue weighted by molar-refractivity contribution is 5.90. The summed E-state index contributed by atoms with van der Waals surface area (Å²) in [6.07, 6.45) is 3.70. The molecule has 2 aromatic rings. The maximum absolute atomic E-state index is 13.3. The molecule has 3 aliphatic heterocycles. The molecule has 1 unspecified atom stereocenters. The van der Waals surface area contributed by atoms with Crippen molar-refractivity contribution in [3.63, 3.8) is 0 Å². The Hall–Kier alpha value is -2.93. The summed E-state index contributed by atoms with van der Waals surface area (Å²) in [5.41, 5.74) is 1.44. The molecule has 0 aliphatic carbocycles. The van der Waals surface area contributed by atoms with Crippen LogP contribution in [0.1, 0.15) is 37.7 Å². The van der Waals surface area contributed by atoms with Gasteiger partial charge >= 0.3 is 6.09 Å². The van der Waals surface area contributed by atoms with Crippen LogP contribution in [0, 0.1) is 11.7 Å². The first-order chi connectivity index (χ1) is 16.5. The molecule has 6 nitrogen and oxygen atoms in total. The number of piperidine rings is 1. The number of hydrogen-bond acceptors (Lipinski definition) is 4. The van der Waals surface area contributed by atoms with Crippen LogP contribution in [0.25, 0.3) is 0 Å².